The molecule has 0 aliphatic rings. The van der Waals surface area contributed by atoms with E-state index in [1.165, 1.54) is 17.1 Å². The predicted octanol–water partition coefficient (Wildman–Crippen LogP) is 3.51. The lowest BCUT2D eigenvalue weighted by Crippen LogP contribution is -2.37. The third-order valence-corrected chi connectivity index (χ3v) is 4.13. The molecule has 0 saturated heterocycles. The van der Waals surface area contributed by atoms with E-state index in [1.54, 1.807) is 24.5 Å². The quantitative estimate of drug-likeness (QED) is 0.308. The summed E-state index contributed by atoms with van der Waals surface area (Å²) in [6.07, 6.45) is 1.96. The fraction of sp³-hybridized carbons (Fsp3) is 0.375. The van der Waals surface area contributed by atoms with Gasteiger partial charge in [0.05, 0.1) is 5.01 Å². The van der Waals surface area contributed by atoms with Gasteiger partial charge < -0.3 is 10.6 Å². The van der Waals surface area contributed by atoms with E-state index in [4.69, 9.17) is 0 Å². The fourth-order valence-electron chi connectivity index (χ4n) is 2.02. The van der Waals surface area contributed by atoms with E-state index in [1.807, 2.05) is 13.0 Å². The minimum Gasteiger partial charge on any atom is -0.356 e. The monoisotopic (exact) mass is 448 g/mol. The lowest BCUT2D eigenvalue weighted by Gasteiger charge is -2.11. The molecule has 0 amide bonds. The standard InChI is InChI=1S/C16H21FN4S.HI/c1-12-11-22-15(21-12)7-4-8-19-16(18-2)20-10-13-5-3-6-14(17)9-13;/h3,5-6,9,11H,4,7-8,10H2,1-2H3,(H2,18,19,20);1H. The van der Waals surface area contributed by atoms with Crippen molar-refractivity contribution in [3.05, 3.63) is 51.7 Å². The minimum absolute atomic E-state index is 0. The van der Waals surface area contributed by atoms with Crippen LogP contribution in [0.3, 0.4) is 0 Å². The minimum atomic E-state index is -0.221. The normalized spacial score (nSPS) is 11.0. The molecule has 0 unspecified atom stereocenters. The topological polar surface area (TPSA) is 49.3 Å². The van der Waals surface area contributed by atoms with Crippen molar-refractivity contribution < 1.29 is 4.39 Å². The van der Waals surface area contributed by atoms with Crippen LogP contribution in [-0.4, -0.2) is 24.5 Å². The second kappa shape index (κ2) is 10.5. The molecule has 1 aromatic carbocycles. The molecule has 0 spiro atoms. The number of nitrogens with zero attached hydrogens (tertiary/aromatic N) is 2. The first-order valence-corrected chi connectivity index (χ1v) is 8.15. The highest BCUT2D eigenvalue weighted by Crippen LogP contribution is 2.10. The highest BCUT2D eigenvalue weighted by Gasteiger charge is 2.01. The molecule has 1 aromatic heterocycles. The molecule has 0 aliphatic heterocycles. The van der Waals surface area contributed by atoms with Crippen LogP contribution in [0.1, 0.15) is 22.7 Å². The van der Waals surface area contributed by atoms with Crippen LogP contribution in [0.5, 0.6) is 0 Å². The Labute approximate surface area is 157 Å². The van der Waals surface area contributed by atoms with Crippen molar-refractivity contribution >= 4 is 41.3 Å². The van der Waals surface area contributed by atoms with Crippen molar-refractivity contribution in [2.75, 3.05) is 13.6 Å². The summed E-state index contributed by atoms with van der Waals surface area (Å²) in [6, 6.07) is 6.55. The highest BCUT2D eigenvalue weighted by molar-refractivity contribution is 14.0. The summed E-state index contributed by atoms with van der Waals surface area (Å²) in [7, 11) is 1.73. The number of nitrogens with one attached hydrogen (secondary N) is 2. The lowest BCUT2D eigenvalue weighted by atomic mass is 10.2. The molecule has 126 valence electrons. The van der Waals surface area contributed by atoms with Crippen molar-refractivity contribution in [2.45, 2.75) is 26.3 Å². The third kappa shape index (κ3) is 7.26. The fourth-order valence-corrected chi connectivity index (χ4v) is 2.84. The van der Waals surface area contributed by atoms with E-state index in [0.29, 0.717) is 6.54 Å². The van der Waals surface area contributed by atoms with Gasteiger partial charge in [-0.3, -0.25) is 4.99 Å². The highest BCUT2D eigenvalue weighted by atomic mass is 127. The van der Waals surface area contributed by atoms with Crippen molar-refractivity contribution in [1.29, 1.82) is 0 Å². The summed E-state index contributed by atoms with van der Waals surface area (Å²) in [4.78, 5) is 8.60. The number of halogens is 2. The Morgan fingerprint density at radius 2 is 2.17 bits per heavy atom. The van der Waals surface area contributed by atoms with Crippen LogP contribution in [0.4, 0.5) is 4.39 Å². The van der Waals surface area contributed by atoms with Gasteiger partial charge in [0.15, 0.2) is 5.96 Å². The van der Waals surface area contributed by atoms with Crippen molar-refractivity contribution in [1.82, 2.24) is 15.6 Å². The van der Waals surface area contributed by atoms with E-state index in [0.717, 1.165) is 36.6 Å². The number of aromatic nitrogens is 1. The summed E-state index contributed by atoms with van der Waals surface area (Å²) in [5, 5.41) is 9.67. The Morgan fingerprint density at radius 1 is 1.35 bits per heavy atom. The number of hydrogen-bond donors (Lipinski definition) is 2. The van der Waals surface area contributed by atoms with Gasteiger partial charge in [-0.05, 0) is 31.0 Å². The Balaban J connectivity index is 0.00000264. The molecule has 23 heavy (non-hydrogen) atoms. The summed E-state index contributed by atoms with van der Waals surface area (Å²) in [6.45, 7) is 3.38. The number of rotatable bonds is 6. The average Bonchev–Trinajstić information content (AvgIpc) is 2.92. The van der Waals surface area contributed by atoms with Crippen LogP contribution in [0, 0.1) is 12.7 Å². The van der Waals surface area contributed by atoms with Gasteiger partial charge in [-0.25, -0.2) is 9.37 Å². The average molecular weight is 448 g/mol. The molecule has 2 rings (SSSR count). The summed E-state index contributed by atoms with van der Waals surface area (Å²) in [5.41, 5.74) is 1.97. The summed E-state index contributed by atoms with van der Waals surface area (Å²) in [5.74, 6) is 0.501. The van der Waals surface area contributed by atoms with Gasteiger partial charge in [0, 0.05) is 37.6 Å². The first-order chi connectivity index (χ1) is 10.7. The molecule has 0 bridgehead atoms. The Hall–Kier alpha value is -1.22. The molecule has 1 heterocycles. The summed E-state index contributed by atoms with van der Waals surface area (Å²) < 4.78 is 13.1. The SMILES string of the molecule is CN=C(NCCCc1nc(C)cs1)NCc1cccc(F)c1.I. The number of aliphatic imine (C=N–C) groups is 1. The van der Waals surface area contributed by atoms with Crippen LogP contribution in [-0.2, 0) is 13.0 Å². The van der Waals surface area contributed by atoms with Gasteiger partial charge in [0.1, 0.15) is 5.82 Å². The maximum atomic E-state index is 13.1. The van der Waals surface area contributed by atoms with Gasteiger partial charge in [-0.1, -0.05) is 12.1 Å². The zero-order chi connectivity index (χ0) is 15.8. The first-order valence-electron chi connectivity index (χ1n) is 7.27. The molecule has 2 aromatic rings. The maximum absolute atomic E-state index is 13.1. The van der Waals surface area contributed by atoms with Crippen LogP contribution in [0.2, 0.25) is 0 Å². The van der Waals surface area contributed by atoms with Crippen molar-refractivity contribution in [2.24, 2.45) is 4.99 Å². The van der Waals surface area contributed by atoms with Gasteiger partial charge in [0.25, 0.3) is 0 Å². The maximum Gasteiger partial charge on any atom is 0.191 e. The van der Waals surface area contributed by atoms with Crippen molar-refractivity contribution in [3.8, 4) is 0 Å². The number of benzene rings is 1. The van der Waals surface area contributed by atoms with Gasteiger partial charge in [-0.15, -0.1) is 35.3 Å². The van der Waals surface area contributed by atoms with Gasteiger partial charge in [0.2, 0.25) is 0 Å². The Morgan fingerprint density at radius 3 is 2.83 bits per heavy atom. The molecule has 0 saturated carbocycles. The first kappa shape index (κ1) is 19.8. The van der Waals surface area contributed by atoms with E-state index in [2.05, 4.69) is 26.0 Å². The molecular weight excluding hydrogens is 426 g/mol. The number of thiazole rings is 1. The molecule has 0 fully saturated rings. The van der Waals surface area contributed by atoms with Crippen LogP contribution in [0.15, 0.2) is 34.6 Å². The number of aryl methyl sites for hydroxylation is 2. The van der Waals surface area contributed by atoms with E-state index >= 15 is 0 Å². The zero-order valence-corrected chi connectivity index (χ0v) is 16.5. The zero-order valence-electron chi connectivity index (χ0n) is 13.3. The number of guanidine groups is 1. The third-order valence-electron chi connectivity index (χ3n) is 3.10. The van der Waals surface area contributed by atoms with E-state index < -0.39 is 0 Å². The second-order valence-corrected chi connectivity index (χ2v) is 5.91. The second-order valence-electron chi connectivity index (χ2n) is 4.97. The largest absolute Gasteiger partial charge is 0.356 e. The van der Waals surface area contributed by atoms with Gasteiger partial charge >= 0.3 is 0 Å². The molecule has 4 nitrogen and oxygen atoms in total. The predicted molar refractivity (Wildman–Crippen MR) is 105 cm³/mol. The molecular formula is C16H22FIN4S. The molecule has 7 heteroatoms. The van der Waals surface area contributed by atoms with Crippen LogP contribution >= 0.6 is 35.3 Å². The molecule has 0 radical (unpaired) electrons. The van der Waals surface area contributed by atoms with Crippen LogP contribution in [0.25, 0.3) is 0 Å². The summed E-state index contributed by atoms with van der Waals surface area (Å²) >= 11 is 1.70. The van der Waals surface area contributed by atoms with E-state index in [-0.39, 0.29) is 29.8 Å². The molecule has 0 aliphatic carbocycles. The Kier molecular flexibility index (Phi) is 9.08. The molecule has 0 atom stereocenters. The van der Waals surface area contributed by atoms with E-state index in [9.17, 15) is 4.39 Å². The molecule has 2 N–H and O–H groups in total. The van der Waals surface area contributed by atoms with Gasteiger partial charge in [-0.2, -0.15) is 0 Å². The smallest absolute Gasteiger partial charge is 0.191 e. The lowest BCUT2D eigenvalue weighted by molar-refractivity contribution is 0.624. The number of hydrogen-bond acceptors (Lipinski definition) is 3. The Bertz CT molecular complexity index is 630. The van der Waals surface area contributed by atoms with Crippen LogP contribution < -0.4 is 10.6 Å². The van der Waals surface area contributed by atoms with Crippen molar-refractivity contribution in [3.63, 3.8) is 0 Å².